The van der Waals surface area contributed by atoms with Gasteiger partial charge in [-0.1, -0.05) is 26.8 Å². The molecule has 1 aliphatic rings. The van der Waals surface area contributed by atoms with Crippen molar-refractivity contribution >= 4 is 5.91 Å². The van der Waals surface area contributed by atoms with E-state index in [1.54, 1.807) is 6.08 Å². The standard InChI is InChI=1S/C14H20N2O/c1-4-13(10(2)3)14(17)16-12-7-5-6-11(8-12)9-15/h7-8,10,13H,4-6H2,1-3H3,(H,16,17). The van der Waals surface area contributed by atoms with E-state index in [1.165, 1.54) is 0 Å². The van der Waals surface area contributed by atoms with Crippen molar-refractivity contribution in [1.82, 2.24) is 5.32 Å². The fourth-order valence-corrected chi connectivity index (χ4v) is 2.07. The Hall–Kier alpha value is -1.56. The van der Waals surface area contributed by atoms with Gasteiger partial charge in [0.05, 0.1) is 6.07 Å². The van der Waals surface area contributed by atoms with Crippen LogP contribution in [0.4, 0.5) is 0 Å². The van der Waals surface area contributed by atoms with E-state index in [-0.39, 0.29) is 11.8 Å². The fraction of sp³-hybridized carbons (Fsp3) is 0.571. The van der Waals surface area contributed by atoms with Gasteiger partial charge in [-0.15, -0.1) is 0 Å². The first-order valence-corrected chi connectivity index (χ1v) is 6.20. The van der Waals surface area contributed by atoms with Crippen molar-refractivity contribution in [3.8, 4) is 6.07 Å². The number of hydrogen-bond acceptors (Lipinski definition) is 2. The normalized spacial score (nSPS) is 16.9. The number of carbonyl (C=O) groups is 1. The number of nitriles is 1. The molecule has 0 saturated carbocycles. The molecule has 92 valence electrons. The van der Waals surface area contributed by atoms with Gasteiger partial charge in [0, 0.05) is 17.2 Å². The van der Waals surface area contributed by atoms with Crippen LogP contribution in [-0.2, 0) is 4.79 Å². The molecule has 0 aliphatic heterocycles. The van der Waals surface area contributed by atoms with E-state index >= 15 is 0 Å². The second-order valence-corrected chi connectivity index (χ2v) is 4.73. The highest BCUT2D eigenvalue weighted by molar-refractivity contribution is 5.81. The summed E-state index contributed by atoms with van der Waals surface area (Å²) in [6, 6.07) is 2.14. The first kappa shape index (κ1) is 13.5. The Labute approximate surface area is 103 Å². The monoisotopic (exact) mass is 232 g/mol. The maximum Gasteiger partial charge on any atom is 0.227 e. The number of rotatable bonds is 4. The van der Waals surface area contributed by atoms with E-state index in [4.69, 9.17) is 5.26 Å². The zero-order chi connectivity index (χ0) is 12.8. The number of nitrogens with zero attached hydrogens (tertiary/aromatic N) is 1. The molecule has 0 fully saturated rings. The van der Waals surface area contributed by atoms with Crippen LogP contribution in [0.5, 0.6) is 0 Å². The zero-order valence-corrected chi connectivity index (χ0v) is 10.8. The molecule has 0 aromatic rings. The van der Waals surface area contributed by atoms with Gasteiger partial charge >= 0.3 is 0 Å². The van der Waals surface area contributed by atoms with Crippen molar-refractivity contribution in [2.24, 2.45) is 11.8 Å². The molecule has 0 bridgehead atoms. The van der Waals surface area contributed by atoms with E-state index < -0.39 is 0 Å². The summed E-state index contributed by atoms with van der Waals surface area (Å²) in [5.74, 6) is 0.435. The Morgan fingerprint density at radius 1 is 1.59 bits per heavy atom. The van der Waals surface area contributed by atoms with Gasteiger partial charge in [0.15, 0.2) is 0 Å². The smallest absolute Gasteiger partial charge is 0.227 e. The average molecular weight is 232 g/mol. The number of allylic oxidation sites excluding steroid dienone is 3. The van der Waals surface area contributed by atoms with Crippen LogP contribution in [0.15, 0.2) is 23.4 Å². The highest BCUT2D eigenvalue weighted by Gasteiger charge is 2.20. The molecule has 0 spiro atoms. The minimum Gasteiger partial charge on any atom is -0.326 e. The molecule has 0 saturated heterocycles. The van der Waals surface area contributed by atoms with Crippen LogP contribution in [0.1, 0.15) is 40.0 Å². The number of amides is 1. The van der Waals surface area contributed by atoms with Crippen molar-refractivity contribution in [2.75, 3.05) is 0 Å². The maximum absolute atomic E-state index is 12.0. The van der Waals surface area contributed by atoms with Gasteiger partial charge in [0.25, 0.3) is 0 Å². The van der Waals surface area contributed by atoms with Crippen LogP contribution in [0.3, 0.4) is 0 Å². The van der Waals surface area contributed by atoms with Gasteiger partial charge in [-0.25, -0.2) is 0 Å². The molecular weight excluding hydrogens is 212 g/mol. The highest BCUT2D eigenvalue weighted by atomic mass is 16.1. The Kier molecular flexibility index (Phi) is 4.96. The molecular formula is C14H20N2O. The summed E-state index contributed by atoms with van der Waals surface area (Å²) in [7, 11) is 0. The van der Waals surface area contributed by atoms with Crippen LogP contribution >= 0.6 is 0 Å². The van der Waals surface area contributed by atoms with Crippen molar-refractivity contribution in [1.29, 1.82) is 5.26 Å². The Morgan fingerprint density at radius 2 is 2.29 bits per heavy atom. The zero-order valence-electron chi connectivity index (χ0n) is 10.8. The van der Waals surface area contributed by atoms with E-state index in [2.05, 4.69) is 25.2 Å². The third-order valence-corrected chi connectivity index (χ3v) is 3.10. The largest absolute Gasteiger partial charge is 0.326 e. The minimum atomic E-state index is 0.0387. The quantitative estimate of drug-likeness (QED) is 0.810. The lowest BCUT2D eigenvalue weighted by Crippen LogP contribution is -2.32. The molecule has 3 nitrogen and oxygen atoms in total. The average Bonchev–Trinajstić information content (AvgIpc) is 2.29. The summed E-state index contributed by atoms with van der Waals surface area (Å²) >= 11 is 0. The van der Waals surface area contributed by atoms with Crippen LogP contribution < -0.4 is 5.32 Å². The summed E-state index contributed by atoms with van der Waals surface area (Å²) in [5, 5.41) is 11.7. The second kappa shape index (κ2) is 6.24. The van der Waals surface area contributed by atoms with Gasteiger partial charge in [0.1, 0.15) is 0 Å². The van der Waals surface area contributed by atoms with Crippen LogP contribution in [-0.4, -0.2) is 5.91 Å². The third kappa shape index (κ3) is 3.74. The van der Waals surface area contributed by atoms with E-state index in [0.717, 1.165) is 30.5 Å². The lowest BCUT2D eigenvalue weighted by atomic mass is 9.92. The highest BCUT2D eigenvalue weighted by Crippen LogP contribution is 2.18. The summed E-state index contributed by atoms with van der Waals surface area (Å²) in [5.41, 5.74) is 1.51. The lowest BCUT2D eigenvalue weighted by Gasteiger charge is -2.19. The maximum atomic E-state index is 12.0. The predicted octanol–water partition coefficient (Wildman–Crippen LogP) is 2.91. The van der Waals surface area contributed by atoms with E-state index in [1.807, 2.05) is 13.0 Å². The Balaban J connectivity index is 2.67. The Bertz CT molecular complexity index is 386. The molecule has 1 rings (SSSR count). The van der Waals surface area contributed by atoms with E-state index in [9.17, 15) is 4.79 Å². The Morgan fingerprint density at radius 3 is 2.82 bits per heavy atom. The predicted molar refractivity (Wildman–Crippen MR) is 67.8 cm³/mol. The molecule has 1 amide bonds. The molecule has 0 heterocycles. The van der Waals surface area contributed by atoms with E-state index in [0.29, 0.717) is 5.92 Å². The molecule has 0 aromatic heterocycles. The number of carbonyl (C=O) groups excluding carboxylic acids is 1. The van der Waals surface area contributed by atoms with Crippen LogP contribution in [0.25, 0.3) is 0 Å². The molecule has 0 radical (unpaired) electrons. The van der Waals surface area contributed by atoms with Crippen LogP contribution in [0, 0.1) is 23.2 Å². The van der Waals surface area contributed by atoms with Gasteiger partial charge in [0.2, 0.25) is 5.91 Å². The molecule has 1 atom stereocenters. The third-order valence-electron chi connectivity index (χ3n) is 3.10. The van der Waals surface area contributed by atoms with Crippen molar-refractivity contribution in [2.45, 2.75) is 40.0 Å². The second-order valence-electron chi connectivity index (χ2n) is 4.73. The summed E-state index contributed by atoms with van der Waals surface area (Å²) < 4.78 is 0. The van der Waals surface area contributed by atoms with Crippen molar-refractivity contribution < 1.29 is 4.79 Å². The topological polar surface area (TPSA) is 52.9 Å². The minimum absolute atomic E-state index is 0.0387. The van der Waals surface area contributed by atoms with Gasteiger partial charge < -0.3 is 5.32 Å². The van der Waals surface area contributed by atoms with Gasteiger partial charge in [-0.05, 0) is 31.3 Å². The fourth-order valence-electron chi connectivity index (χ4n) is 2.07. The molecule has 17 heavy (non-hydrogen) atoms. The molecule has 1 unspecified atom stereocenters. The summed E-state index contributed by atoms with van der Waals surface area (Å²) in [6.07, 6.45) is 6.19. The molecule has 1 N–H and O–H groups in total. The van der Waals surface area contributed by atoms with Crippen LogP contribution in [0.2, 0.25) is 0 Å². The first-order chi connectivity index (χ1) is 8.08. The lowest BCUT2D eigenvalue weighted by molar-refractivity contribution is -0.125. The first-order valence-electron chi connectivity index (χ1n) is 6.20. The summed E-state index contributed by atoms with van der Waals surface area (Å²) in [6.45, 7) is 6.13. The molecule has 3 heteroatoms. The van der Waals surface area contributed by atoms with Crippen molar-refractivity contribution in [3.63, 3.8) is 0 Å². The number of nitrogens with one attached hydrogen (secondary N) is 1. The number of hydrogen-bond donors (Lipinski definition) is 1. The molecule has 0 aromatic carbocycles. The van der Waals surface area contributed by atoms with Gasteiger partial charge in [-0.2, -0.15) is 5.26 Å². The summed E-state index contributed by atoms with van der Waals surface area (Å²) in [4.78, 5) is 12.0. The molecule has 1 aliphatic carbocycles. The van der Waals surface area contributed by atoms with Crippen molar-refractivity contribution in [3.05, 3.63) is 23.4 Å². The SMILES string of the molecule is CCC(C(=O)NC1=CCCC(C#N)=C1)C(C)C. The van der Waals surface area contributed by atoms with Gasteiger partial charge in [-0.3, -0.25) is 4.79 Å².